The van der Waals surface area contributed by atoms with Gasteiger partial charge in [0.15, 0.2) is 0 Å². The van der Waals surface area contributed by atoms with Gasteiger partial charge in [0.1, 0.15) is 0 Å². The topological polar surface area (TPSA) is 98.5 Å². The maximum atomic E-state index is 15.1. The SMILES string of the molecule is CCOC(=O)C(F)(F)C1c2cc([N+](=O)[O-])ccc2CC[C@H]1N[S@](=O)C(C)(C)C. The number of halogens is 2. The standard InChI is InChI=1S/C18H24F2N2O5S/c1-5-27-16(23)18(19,20)15-13-10-12(22(24)25)8-6-11(13)7-9-14(15)21-28(26)17(2,3)4/h6,8,10,14-15,21H,5,7,9H2,1-4H3/t14-,15?,28-/m1/s1. The lowest BCUT2D eigenvalue weighted by Gasteiger charge is -2.38. The largest absolute Gasteiger partial charge is 0.462 e. The zero-order chi connectivity index (χ0) is 21.3. The maximum Gasteiger partial charge on any atom is 0.377 e. The molecule has 1 aliphatic rings. The summed E-state index contributed by atoms with van der Waals surface area (Å²) >= 11 is 0. The van der Waals surface area contributed by atoms with E-state index >= 15 is 8.78 Å². The molecule has 1 unspecified atom stereocenters. The van der Waals surface area contributed by atoms with Gasteiger partial charge in [-0.05, 0) is 51.7 Å². The first-order valence-electron chi connectivity index (χ1n) is 8.89. The zero-order valence-corrected chi connectivity index (χ0v) is 17.0. The quantitative estimate of drug-likeness (QED) is 0.434. The van der Waals surface area contributed by atoms with Crippen molar-refractivity contribution in [2.45, 2.75) is 63.2 Å². The van der Waals surface area contributed by atoms with Gasteiger partial charge in [0, 0.05) is 18.2 Å². The summed E-state index contributed by atoms with van der Waals surface area (Å²) in [6.45, 7) is 6.26. The highest BCUT2D eigenvalue weighted by Crippen LogP contribution is 2.44. The number of non-ortho nitro benzene ring substituents is 1. The Hall–Kier alpha value is -1.94. The van der Waals surface area contributed by atoms with Crippen molar-refractivity contribution in [2.75, 3.05) is 6.61 Å². The third-order valence-electron chi connectivity index (χ3n) is 4.56. The Balaban J connectivity index is 2.55. The molecule has 1 N–H and O–H groups in total. The number of benzene rings is 1. The highest BCUT2D eigenvalue weighted by Gasteiger charge is 2.55. The molecule has 0 fully saturated rings. The van der Waals surface area contributed by atoms with Gasteiger partial charge in [-0.15, -0.1) is 0 Å². The van der Waals surface area contributed by atoms with Crippen LogP contribution in [0.4, 0.5) is 14.5 Å². The summed E-state index contributed by atoms with van der Waals surface area (Å²) in [5.74, 6) is -7.38. The second-order valence-corrected chi connectivity index (χ2v) is 9.60. The smallest absolute Gasteiger partial charge is 0.377 e. The number of nitrogens with zero attached hydrogens (tertiary/aromatic N) is 1. The average Bonchev–Trinajstić information content (AvgIpc) is 2.59. The molecule has 1 aliphatic carbocycles. The number of nitro groups is 1. The molecule has 0 saturated carbocycles. The summed E-state index contributed by atoms with van der Waals surface area (Å²) in [6.07, 6.45) is 0.564. The fourth-order valence-corrected chi connectivity index (χ4v) is 4.03. The summed E-state index contributed by atoms with van der Waals surface area (Å²) < 4.78 is 49.3. The average molecular weight is 418 g/mol. The van der Waals surface area contributed by atoms with Crippen LogP contribution in [-0.4, -0.2) is 38.4 Å². The van der Waals surface area contributed by atoms with E-state index in [0.29, 0.717) is 12.0 Å². The Bertz CT molecular complexity index is 795. The van der Waals surface area contributed by atoms with E-state index in [0.717, 1.165) is 6.07 Å². The van der Waals surface area contributed by atoms with Crippen molar-refractivity contribution in [3.63, 3.8) is 0 Å². The number of hydrogen-bond acceptors (Lipinski definition) is 5. The molecule has 156 valence electrons. The van der Waals surface area contributed by atoms with E-state index in [4.69, 9.17) is 0 Å². The number of nitro benzene ring substituents is 1. The summed E-state index contributed by atoms with van der Waals surface area (Å²) in [5.41, 5.74) is 0.155. The van der Waals surface area contributed by atoms with E-state index in [1.54, 1.807) is 20.8 Å². The molecule has 0 heterocycles. The molecular weight excluding hydrogens is 394 g/mol. The van der Waals surface area contributed by atoms with Crippen molar-refractivity contribution in [3.05, 3.63) is 39.4 Å². The van der Waals surface area contributed by atoms with Crippen molar-refractivity contribution in [1.82, 2.24) is 4.72 Å². The number of hydrogen-bond donors (Lipinski definition) is 1. The highest BCUT2D eigenvalue weighted by molar-refractivity contribution is 7.84. The van der Waals surface area contributed by atoms with Gasteiger partial charge >= 0.3 is 11.9 Å². The van der Waals surface area contributed by atoms with Crippen LogP contribution in [0.2, 0.25) is 0 Å². The molecule has 7 nitrogen and oxygen atoms in total. The maximum absolute atomic E-state index is 15.1. The monoisotopic (exact) mass is 418 g/mol. The first-order chi connectivity index (χ1) is 12.9. The van der Waals surface area contributed by atoms with Gasteiger partial charge in [0.25, 0.3) is 5.69 Å². The number of carbonyl (C=O) groups excluding carboxylic acids is 1. The van der Waals surface area contributed by atoms with Crippen molar-refractivity contribution in [3.8, 4) is 0 Å². The summed E-state index contributed by atoms with van der Waals surface area (Å²) in [5, 5.41) is 11.1. The first kappa shape index (κ1) is 22.4. The fraction of sp³-hybridized carbons (Fsp3) is 0.611. The molecule has 10 heteroatoms. The minimum Gasteiger partial charge on any atom is -0.462 e. The molecule has 3 atom stereocenters. The van der Waals surface area contributed by atoms with Crippen LogP contribution in [0.3, 0.4) is 0 Å². The van der Waals surface area contributed by atoms with E-state index in [1.165, 1.54) is 19.1 Å². The van der Waals surface area contributed by atoms with Gasteiger partial charge < -0.3 is 4.74 Å². The second kappa shape index (κ2) is 8.20. The van der Waals surface area contributed by atoms with E-state index in [-0.39, 0.29) is 24.3 Å². The Labute approximate surface area is 164 Å². The van der Waals surface area contributed by atoms with Gasteiger partial charge in [-0.2, -0.15) is 8.78 Å². The number of alkyl halides is 2. The van der Waals surface area contributed by atoms with Crippen LogP contribution in [0.5, 0.6) is 0 Å². The molecular formula is C18H24F2N2O5S. The summed E-state index contributed by atoms with van der Waals surface area (Å²) in [4.78, 5) is 22.5. The Kier molecular flexibility index (Phi) is 6.55. The summed E-state index contributed by atoms with van der Waals surface area (Å²) in [6, 6.07) is 2.73. The molecule has 2 rings (SSSR count). The molecule has 0 aromatic heterocycles. The van der Waals surface area contributed by atoms with E-state index in [1.807, 2.05) is 0 Å². The molecule has 0 spiro atoms. The van der Waals surface area contributed by atoms with E-state index < -0.39 is 44.5 Å². The predicted octanol–water partition coefficient (Wildman–Crippen LogP) is 3.24. The second-order valence-electron chi connectivity index (χ2n) is 7.61. The lowest BCUT2D eigenvalue weighted by Crippen LogP contribution is -2.52. The number of carbonyl (C=O) groups is 1. The summed E-state index contributed by atoms with van der Waals surface area (Å²) in [7, 11) is -1.67. The van der Waals surface area contributed by atoms with Crippen LogP contribution in [0.1, 0.15) is 51.2 Å². The van der Waals surface area contributed by atoms with Crippen LogP contribution in [0.15, 0.2) is 18.2 Å². The molecule has 0 saturated heterocycles. The van der Waals surface area contributed by atoms with Crippen molar-refractivity contribution in [2.24, 2.45) is 0 Å². The molecule has 0 aliphatic heterocycles. The van der Waals surface area contributed by atoms with Crippen LogP contribution >= 0.6 is 0 Å². The number of fused-ring (bicyclic) bond motifs is 1. The fourth-order valence-electron chi connectivity index (χ4n) is 3.15. The predicted molar refractivity (Wildman–Crippen MR) is 101 cm³/mol. The van der Waals surface area contributed by atoms with Crippen molar-refractivity contribution in [1.29, 1.82) is 0 Å². The molecule has 0 amide bonds. The number of rotatable bonds is 6. The van der Waals surface area contributed by atoms with Gasteiger partial charge in [-0.25, -0.2) is 13.7 Å². The van der Waals surface area contributed by atoms with Gasteiger partial charge in [-0.3, -0.25) is 10.1 Å². The van der Waals surface area contributed by atoms with E-state index in [2.05, 4.69) is 9.46 Å². The molecule has 1 aromatic carbocycles. The normalized spacial score (nSPS) is 20.9. The highest BCUT2D eigenvalue weighted by atomic mass is 32.2. The molecule has 28 heavy (non-hydrogen) atoms. The zero-order valence-electron chi connectivity index (χ0n) is 16.2. The van der Waals surface area contributed by atoms with E-state index in [9.17, 15) is 19.1 Å². The van der Waals surface area contributed by atoms with Gasteiger partial charge in [-0.1, -0.05) is 6.07 Å². The molecule has 1 aromatic rings. The lowest BCUT2D eigenvalue weighted by atomic mass is 9.76. The number of ether oxygens (including phenoxy) is 1. The number of esters is 1. The van der Waals surface area contributed by atoms with Crippen molar-refractivity contribution >= 4 is 22.6 Å². The molecule has 0 bridgehead atoms. The third-order valence-corrected chi connectivity index (χ3v) is 6.18. The van der Waals surface area contributed by atoms with Crippen molar-refractivity contribution < 1.29 is 27.4 Å². The Morgan fingerprint density at radius 2 is 2.04 bits per heavy atom. The number of nitrogens with one attached hydrogen (secondary N) is 1. The number of aryl methyl sites for hydroxylation is 1. The Morgan fingerprint density at radius 1 is 1.39 bits per heavy atom. The van der Waals surface area contributed by atoms with Crippen LogP contribution in [-0.2, 0) is 26.9 Å². The van der Waals surface area contributed by atoms with Gasteiger partial charge in [0.05, 0.1) is 33.2 Å². The van der Waals surface area contributed by atoms with Gasteiger partial charge in [0.2, 0.25) is 0 Å². The lowest BCUT2D eigenvalue weighted by molar-refractivity contribution is -0.385. The van der Waals surface area contributed by atoms with Crippen LogP contribution < -0.4 is 4.72 Å². The minimum atomic E-state index is -3.94. The minimum absolute atomic E-state index is 0.00177. The third kappa shape index (κ3) is 4.54. The first-order valence-corrected chi connectivity index (χ1v) is 10.0. The molecule has 0 radical (unpaired) electrons. The van der Waals surface area contributed by atoms with Crippen LogP contribution in [0.25, 0.3) is 0 Å². The van der Waals surface area contributed by atoms with Crippen LogP contribution in [0, 0.1) is 10.1 Å². The Morgan fingerprint density at radius 3 is 2.57 bits per heavy atom.